The minimum absolute atomic E-state index is 0.115. The van der Waals surface area contributed by atoms with E-state index >= 15 is 0 Å². The quantitative estimate of drug-likeness (QED) is 0.593. The van der Waals surface area contributed by atoms with Gasteiger partial charge < -0.3 is 10.4 Å². The van der Waals surface area contributed by atoms with Crippen molar-refractivity contribution in [2.24, 2.45) is 52.3 Å². The van der Waals surface area contributed by atoms with Gasteiger partial charge in [-0.2, -0.15) is 0 Å². The van der Waals surface area contributed by atoms with E-state index in [-0.39, 0.29) is 23.3 Å². The van der Waals surface area contributed by atoms with Gasteiger partial charge in [0.1, 0.15) is 0 Å². The maximum atomic E-state index is 12.2. The molecule has 3 saturated carbocycles. The van der Waals surface area contributed by atoms with Gasteiger partial charge in [0.15, 0.2) is 0 Å². The third kappa shape index (κ3) is 3.76. The molecular weight excluding hydrogens is 370 g/mol. The molecule has 0 unspecified atom stereocenters. The number of hydrogen-bond donors (Lipinski definition) is 2. The summed E-state index contributed by atoms with van der Waals surface area (Å²) < 4.78 is 0. The maximum absolute atomic E-state index is 12.2. The first kappa shape index (κ1) is 22.6. The predicted octanol–water partition coefficient (Wildman–Crippen LogP) is 5.80. The molecule has 172 valence electrons. The van der Waals surface area contributed by atoms with Crippen molar-refractivity contribution in [3.05, 3.63) is 0 Å². The standard InChI is InChI=1S/C27H47NO2/c1-17(2)7-6-8-18(3)20-9-10-21-19-15-24(29)23-16-25(30)28-14-13-27(23,5)22(19)11-12-26(20,21)4/h17-24,29H,6-16H2,1-5H3,(H,28,30)/t18-,19+,20-,21+,22+,23-,24+,26-,27-/m1/s1. The molecule has 4 fully saturated rings. The average Bonchev–Trinajstić information content (AvgIpc) is 2.93. The van der Waals surface area contributed by atoms with Crippen LogP contribution in [-0.2, 0) is 4.79 Å². The van der Waals surface area contributed by atoms with E-state index in [1.54, 1.807) is 0 Å². The van der Waals surface area contributed by atoms with Gasteiger partial charge >= 0.3 is 0 Å². The van der Waals surface area contributed by atoms with E-state index in [0.717, 1.165) is 43.1 Å². The molecule has 0 aromatic rings. The fourth-order valence-corrected chi connectivity index (χ4v) is 9.10. The molecule has 1 heterocycles. The second-order valence-electron chi connectivity index (χ2n) is 12.6. The van der Waals surface area contributed by atoms with E-state index in [2.05, 4.69) is 39.9 Å². The van der Waals surface area contributed by atoms with Gasteiger partial charge in [-0.05, 0) is 90.8 Å². The maximum Gasteiger partial charge on any atom is 0.220 e. The average molecular weight is 418 g/mol. The van der Waals surface area contributed by atoms with Gasteiger partial charge in [-0.25, -0.2) is 0 Å². The smallest absolute Gasteiger partial charge is 0.220 e. The number of hydrogen-bond acceptors (Lipinski definition) is 2. The van der Waals surface area contributed by atoms with Crippen LogP contribution in [0, 0.1) is 52.3 Å². The van der Waals surface area contributed by atoms with Gasteiger partial charge in [0.05, 0.1) is 6.10 Å². The van der Waals surface area contributed by atoms with Crippen LogP contribution < -0.4 is 5.32 Å². The predicted molar refractivity (Wildman–Crippen MR) is 123 cm³/mol. The van der Waals surface area contributed by atoms with Crippen LogP contribution in [0.2, 0.25) is 0 Å². The van der Waals surface area contributed by atoms with Crippen LogP contribution in [0.15, 0.2) is 0 Å². The van der Waals surface area contributed by atoms with Crippen molar-refractivity contribution in [1.29, 1.82) is 0 Å². The summed E-state index contributed by atoms with van der Waals surface area (Å²) in [6, 6.07) is 0. The molecule has 4 aliphatic rings. The van der Waals surface area contributed by atoms with Gasteiger partial charge in [0.25, 0.3) is 0 Å². The third-order valence-electron chi connectivity index (χ3n) is 10.7. The number of fused-ring (bicyclic) bond motifs is 5. The molecule has 0 spiro atoms. The lowest BCUT2D eigenvalue weighted by molar-refractivity contribution is -0.151. The van der Waals surface area contributed by atoms with E-state index in [0.29, 0.717) is 23.7 Å². The van der Waals surface area contributed by atoms with E-state index in [1.165, 1.54) is 44.9 Å². The fraction of sp³-hybridized carbons (Fsp3) is 0.963. The summed E-state index contributed by atoms with van der Waals surface area (Å²) in [6.45, 7) is 13.0. The van der Waals surface area contributed by atoms with E-state index in [9.17, 15) is 9.90 Å². The van der Waals surface area contributed by atoms with Crippen LogP contribution >= 0.6 is 0 Å². The number of aliphatic hydroxyl groups is 1. The first-order valence-corrected chi connectivity index (χ1v) is 13.1. The molecular formula is C27H47NO2. The Morgan fingerprint density at radius 3 is 2.47 bits per heavy atom. The van der Waals surface area contributed by atoms with Crippen LogP contribution in [0.5, 0.6) is 0 Å². The molecule has 0 bridgehead atoms. The molecule has 1 aliphatic heterocycles. The van der Waals surface area contributed by atoms with Gasteiger partial charge in [0, 0.05) is 13.0 Å². The summed E-state index contributed by atoms with van der Waals surface area (Å²) in [5.41, 5.74) is 0.573. The van der Waals surface area contributed by atoms with Crippen molar-refractivity contribution in [2.75, 3.05) is 6.54 Å². The lowest BCUT2D eigenvalue weighted by Gasteiger charge is -2.60. The highest BCUT2D eigenvalue weighted by Crippen LogP contribution is 2.67. The fourth-order valence-electron chi connectivity index (χ4n) is 9.10. The van der Waals surface area contributed by atoms with Crippen molar-refractivity contribution >= 4 is 5.91 Å². The van der Waals surface area contributed by atoms with Crippen LogP contribution in [-0.4, -0.2) is 23.7 Å². The van der Waals surface area contributed by atoms with Gasteiger partial charge in [-0.1, -0.05) is 53.9 Å². The molecule has 4 rings (SSSR count). The molecule has 9 atom stereocenters. The van der Waals surface area contributed by atoms with Crippen LogP contribution in [0.3, 0.4) is 0 Å². The molecule has 0 aromatic carbocycles. The van der Waals surface area contributed by atoms with Crippen molar-refractivity contribution in [1.82, 2.24) is 5.32 Å². The Kier molecular flexibility index (Phi) is 6.34. The Hall–Kier alpha value is -0.570. The number of carbonyl (C=O) groups excluding carboxylic acids is 1. The second kappa shape index (κ2) is 8.41. The van der Waals surface area contributed by atoms with Crippen molar-refractivity contribution in [2.45, 2.75) is 105 Å². The number of amides is 1. The second-order valence-corrected chi connectivity index (χ2v) is 12.6. The molecule has 0 aromatic heterocycles. The molecule has 3 aliphatic carbocycles. The summed E-state index contributed by atoms with van der Waals surface area (Å²) in [5.74, 6) is 4.91. The van der Waals surface area contributed by atoms with Gasteiger partial charge in [-0.15, -0.1) is 0 Å². The number of aliphatic hydroxyl groups excluding tert-OH is 1. The Labute approximate surface area is 185 Å². The first-order chi connectivity index (χ1) is 14.2. The Balaban J connectivity index is 1.52. The van der Waals surface area contributed by atoms with Crippen molar-refractivity contribution in [3.8, 4) is 0 Å². The molecule has 3 nitrogen and oxygen atoms in total. The highest BCUT2D eigenvalue weighted by atomic mass is 16.3. The largest absolute Gasteiger partial charge is 0.393 e. The Bertz CT molecular complexity index is 632. The molecule has 1 saturated heterocycles. The zero-order chi connectivity index (χ0) is 21.7. The molecule has 3 heteroatoms. The molecule has 0 radical (unpaired) electrons. The SMILES string of the molecule is CC(C)CCC[C@@H](C)[C@H]1CC[C@H]2[C@@H]3C[C@H](O)[C@H]4CC(=O)NCC[C@]4(C)[C@H]3CC[C@]12C. The number of nitrogens with one attached hydrogen (secondary N) is 1. The summed E-state index contributed by atoms with van der Waals surface area (Å²) >= 11 is 0. The Morgan fingerprint density at radius 1 is 1.00 bits per heavy atom. The van der Waals surface area contributed by atoms with E-state index < -0.39 is 0 Å². The van der Waals surface area contributed by atoms with Crippen LogP contribution in [0.1, 0.15) is 98.8 Å². The molecule has 30 heavy (non-hydrogen) atoms. The minimum atomic E-state index is -0.301. The molecule has 2 N–H and O–H groups in total. The monoisotopic (exact) mass is 417 g/mol. The number of carbonyl (C=O) groups is 1. The molecule has 1 amide bonds. The van der Waals surface area contributed by atoms with Gasteiger partial charge in [-0.3, -0.25) is 4.79 Å². The van der Waals surface area contributed by atoms with Crippen LogP contribution in [0.4, 0.5) is 0 Å². The zero-order valence-electron chi connectivity index (χ0n) is 20.3. The zero-order valence-corrected chi connectivity index (χ0v) is 20.3. The number of rotatable bonds is 5. The van der Waals surface area contributed by atoms with Gasteiger partial charge in [0.2, 0.25) is 5.91 Å². The summed E-state index contributed by atoms with van der Waals surface area (Å²) in [4.78, 5) is 12.2. The Morgan fingerprint density at radius 2 is 1.73 bits per heavy atom. The van der Waals surface area contributed by atoms with Crippen molar-refractivity contribution in [3.63, 3.8) is 0 Å². The van der Waals surface area contributed by atoms with Crippen LogP contribution in [0.25, 0.3) is 0 Å². The highest BCUT2D eigenvalue weighted by molar-refractivity contribution is 5.76. The van der Waals surface area contributed by atoms with E-state index in [1.807, 2.05) is 0 Å². The lowest BCUT2D eigenvalue weighted by Crippen LogP contribution is -2.56. The van der Waals surface area contributed by atoms with E-state index in [4.69, 9.17) is 0 Å². The topological polar surface area (TPSA) is 49.3 Å². The summed E-state index contributed by atoms with van der Waals surface area (Å²) in [7, 11) is 0. The first-order valence-electron chi connectivity index (χ1n) is 13.1. The summed E-state index contributed by atoms with van der Waals surface area (Å²) in [6.07, 6.45) is 11.7. The summed E-state index contributed by atoms with van der Waals surface area (Å²) in [5, 5.41) is 14.3. The highest BCUT2D eigenvalue weighted by Gasteiger charge is 2.61. The normalized spacial score (nSPS) is 47.1. The minimum Gasteiger partial charge on any atom is -0.393 e. The third-order valence-corrected chi connectivity index (χ3v) is 10.7. The van der Waals surface area contributed by atoms with Crippen molar-refractivity contribution < 1.29 is 9.90 Å². The lowest BCUT2D eigenvalue weighted by atomic mass is 9.45.